The molecule has 2 aromatic carbocycles. The molecule has 3 aromatic rings. The molecule has 26 heavy (non-hydrogen) atoms. The summed E-state index contributed by atoms with van der Waals surface area (Å²) >= 11 is 0. The van der Waals surface area contributed by atoms with E-state index in [0.29, 0.717) is 11.7 Å². The van der Waals surface area contributed by atoms with E-state index in [4.69, 9.17) is 0 Å². The second kappa shape index (κ2) is 7.47. The molecule has 0 atom stereocenters. The molecule has 6 heteroatoms. The lowest BCUT2D eigenvalue weighted by molar-refractivity contribution is -0.117. The molecular formula is C20H23N5O. The molecule has 0 unspecified atom stereocenters. The molecule has 6 nitrogen and oxygen atoms in total. The first-order valence-electron chi connectivity index (χ1n) is 8.67. The van der Waals surface area contributed by atoms with Gasteiger partial charge in [0.25, 0.3) is 0 Å². The molecule has 1 aromatic heterocycles. The third-order valence-electron chi connectivity index (χ3n) is 4.24. The summed E-state index contributed by atoms with van der Waals surface area (Å²) in [6, 6.07) is 14.0. The van der Waals surface area contributed by atoms with Crippen molar-refractivity contribution in [2.45, 2.75) is 40.2 Å². The predicted molar refractivity (Wildman–Crippen MR) is 102 cm³/mol. The lowest BCUT2D eigenvalue weighted by Crippen LogP contribution is -2.21. The zero-order valence-electron chi connectivity index (χ0n) is 15.5. The smallest absolute Gasteiger partial charge is 0.248 e. The van der Waals surface area contributed by atoms with Crippen LogP contribution in [0.25, 0.3) is 11.4 Å². The van der Waals surface area contributed by atoms with E-state index in [0.717, 1.165) is 22.4 Å². The van der Waals surface area contributed by atoms with Crippen molar-refractivity contribution in [3.63, 3.8) is 0 Å². The Labute approximate surface area is 153 Å². The van der Waals surface area contributed by atoms with Gasteiger partial charge in [-0.15, -0.1) is 10.2 Å². The molecule has 3 rings (SSSR count). The van der Waals surface area contributed by atoms with Gasteiger partial charge in [-0.1, -0.05) is 50.2 Å². The highest BCUT2D eigenvalue weighted by Gasteiger charge is 2.11. The molecule has 0 saturated carbocycles. The van der Waals surface area contributed by atoms with Crippen molar-refractivity contribution in [2.24, 2.45) is 0 Å². The molecular weight excluding hydrogens is 326 g/mol. The van der Waals surface area contributed by atoms with Gasteiger partial charge in [0.1, 0.15) is 6.54 Å². The lowest BCUT2D eigenvalue weighted by atomic mass is 10.0. The molecule has 134 valence electrons. The summed E-state index contributed by atoms with van der Waals surface area (Å²) in [5.74, 6) is 0.805. The van der Waals surface area contributed by atoms with Gasteiger partial charge in [-0.05, 0) is 47.7 Å². The maximum absolute atomic E-state index is 12.3. The lowest BCUT2D eigenvalue weighted by Gasteiger charge is -2.08. The number of nitrogens with one attached hydrogen (secondary N) is 1. The van der Waals surface area contributed by atoms with Crippen molar-refractivity contribution in [3.8, 4) is 11.4 Å². The number of tetrazole rings is 1. The minimum atomic E-state index is -0.183. The van der Waals surface area contributed by atoms with Gasteiger partial charge in [-0.3, -0.25) is 4.79 Å². The largest absolute Gasteiger partial charge is 0.324 e. The number of hydrogen-bond donors (Lipinski definition) is 1. The van der Waals surface area contributed by atoms with Crippen LogP contribution in [0.3, 0.4) is 0 Å². The molecule has 0 saturated heterocycles. The van der Waals surface area contributed by atoms with Gasteiger partial charge in [0.2, 0.25) is 11.7 Å². The summed E-state index contributed by atoms with van der Waals surface area (Å²) in [7, 11) is 0. The normalized spacial score (nSPS) is 11.0. The second-order valence-electron chi connectivity index (χ2n) is 6.79. The number of hydrogen-bond acceptors (Lipinski definition) is 4. The Kier molecular flexibility index (Phi) is 5.11. The van der Waals surface area contributed by atoms with Gasteiger partial charge in [-0.2, -0.15) is 4.80 Å². The van der Waals surface area contributed by atoms with E-state index < -0.39 is 0 Å². The van der Waals surface area contributed by atoms with E-state index in [1.54, 1.807) is 0 Å². The monoisotopic (exact) mass is 349 g/mol. The first kappa shape index (κ1) is 17.8. The third kappa shape index (κ3) is 4.14. The van der Waals surface area contributed by atoms with Gasteiger partial charge in [0, 0.05) is 11.3 Å². The number of carbonyl (C=O) groups excluding carboxylic acids is 1. The highest BCUT2D eigenvalue weighted by Crippen LogP contribution is 2.19. The summed E-state index contributed by atoms with van der Waals surface area (Å²) in [5.41, 5.74) is 5.06. The van der Waals surface area contributed by atoms with Gasteiger partial charge in [0.05, 0.1) is 0 Å². The van der Waals surface area contributed by atoms with Gasteiger partial charge >= 0.3 is 0 Å². The number of amides is 1. The summed E-state index contributed by atoms with van der Waals surface area (Å²) in [4.78, 5) is 13.6. The molecule has 0 radical (unpaired) electrons. The van der Waals surface area contributed by atoms with Crippen molar-refractivity contribution in [1.29, 1.82) is 0 Å². The summed E-state index contributed by atoms with van der Waals surface area (Å²) in [5, 5.41) is 15.3. The number of aryl methyl sites for hydroxylation is 2. The molecule has 0 bridgehead atoms. The molecule has 0 fully saturated rings. The summed E-state index contributed by atoms with van der Waals surface area (Å²) in [6.07, 6.45) is 0. The Hall–Kier alpha value is -3.02. The first-order valence-corrected chi connectivity index (χ1v) is 8.67. The van der Waals surface area contributed by atoms with E-state index in [9.17, 15) is 4.79 Å². The maximum Gasteiger partial charge on any atom is 0.248 e. The first-order chi connectivity index (χ1) is 12.4. The SMILES string of the molecule is Cc1ccc(C)c(NC(=O)Cn2nnc(-c3ccc(C(C)C)cc3)n2)c1. The average Bonchev–Trinajstić information content (AvgIpc) is 3.06. The van der Waals surface area contributed by atoms with Crippen molar-refractivity contribution in [2.75, 3.05) is 5.32 Å². The number of benzene rings is 2. The average molecular weight is 349 g/mol. The van der Waals surface area contributed by atoms with Crippen LogP contribution in [0.15, 0.2) is 42.5 Å². The van der Waals surface area contributed by atoms with Crippen LogP contribution >= 0.6 is 0 Å². The third-order valence-corrected chi connectivity index (χ3v) is 4.24. The number of rotatable bonds is 5. The zero-order chi connectivity index (χ0) is 18.7. The maximum atomic E-state index is 12.3. The highest BCUT2D eigenvalue weighted by molar-refractivity contribution is 5.91. The predicted octanol–water partition coefficient (Wildman–Crippen LogP) is 3.72. The van der Waals surface area contributed by atoms with Crippen LogP contribution in [-0.4, -0.2) is 26.1 Å². The van der Waals surface area contributed by atoms with Crippen molar-refractivity contribution in [3.05, 3.63) is 59.2 Å². The summed E-state index contributed by atoms with van der Waals surface area (Å²) in [6.45, 7) is 8.27. The standard InChI is InChI=1S/C20H23N5O/c1-13(2)16-7-9-17(10-8-16)20-22-24-25(23-20)12-19(26)21-18-11-14(3)5-6-15(18)4/h5-11,13H,12H2,1-4H3,(H,21,26). The van der Waals surface area contributed by atoms with Crippen LogP contribution in [0.1, 0.15) is 36.5 Å². The molecule has 1 N–H and O–H groups in total. The van der Waals surface area contributed by atoms with E-state index in [2.05, 4.69) is 46.7 Å². The topological polar surface area (TPSA) is 72.7 Å². The van der Waals surface area contributed by atoms with Crippen LogP contribution in [0, 0.1) is 13.8 Å². The van der Waals surface area contributed by atoms with Crippen molar-refractivity contribution < 1.29 is 4.79 Å². The van der Waals surface area contributed by atoms with Gasteiger partial charge in [0.15, 0.2) is 0 Å². The minimum absolute atomic E-state index is 0.0183. The second-order valence-corrected chi connectivity index (χ2v) is 6.79. The van der Waals surface area contributed by atoms with Gasteiger partial charge < -0.3 is 5.32 Å². The number of anilines is 1. The number of carbonyl (C=O) groups is 1. The van der Waals surface area contributed by atoms with Crippen LogP contribution < -0.4 is 5.32 Å². The minimum Gasteiger partial charge on any atom is -0.324 e. The Morgan fingerprint density at radius 2 is 1.85 bits per heavy atom. The number of nitrogens with zero attached hydrogens (tertiary/aromatic N) is 4. The Bertz CT molecular complexity index is 912. The zero-order valence-corrected chi connectivity index (χ0v) is 15.5. The quantitative estimate of drug-likeness (QED) is 0.762. The van der Waals surface area contributed by atoms with E-state index in [-0.39, 0.29) is 12.5 Å². The molecule has 0 aliphatic carbocycles. The molecule has 1 amide bonds. The van der Waals surface area contributed by atoms with Crippen LogP contribution in [0.2, 0.25) is 0 Å². The fourth-order valence-corrected chi connectivity index (χ4v) is 2.63. The molecule has 0 spiro atoms. The van der Waals surface area contributed by atoms with Crippen LogP contribution in [0.5, 0.6) is 0 Å². The van der Waals surface area contributed by atoms with Crippen LogP contribution in [-0.2, 0) is 11.3 Å². The van der Waals surface area contributed by atoms with E-state index in [1.165, 1.54) is 10.4 Å². The van der Waals surface area contributed by atoms with Crippen LogP contribution in [0.4, 0.5) is 5.69 Å². The Balaban J connectivity index is 1.68. The Morgan fingerprint density at radius 3 is 2.54 bits per heavy atom. The molecule has 0 aliphatic rings. The Morgan fingerprint density at radius 1 is 1.12 bits per heavy atom. The highest BCUT2D eigenvalue weighted by atomic mass is 16.2. The summed E-state index contributed by atoms with van der Waals surface area (Å²) < 4.78 is 0. The molecule has 1 heterocycles. The fourth-order valence-electron chi connectivity index (χ4n) is 2.63. The molecule has 0 aliphatic heterocycles. The van der Waals surface area contributed by atoms with E-state index in [1.807, 2.05) is 44.2 Å². The van der Waals surface area contributed by atoms with Gasteiger partial charge in [-0.25, -0.2) is 0 Å². The van der Waals surface area contributed by atoms with Crippen molar-refractivity contribution in [1.82, 2.24) is 20.2 Å². The fraction of sp³-hybridized carbons (Fsp3) is 0.300. The number of aromatic nitrogens is 4. The van der Waals surface area contributed by atoms with E-state index >= 15 is 0 Å². The van der Waals surface area contributed by atoms with Crippen molar-refractivity contribution >= 4 is 11.6 Å².